The molecular formula is C9H12O8. The molecule has 0 aliphatic heterocycles. The second-order valence-electron chi connectivity index (χ2n) is 3.42. The van der Waals surface area contributed by atoms with Crippen molar-refractivity contribution in [2.24, 2.45) is 5.41 Å². The minimum atomic E-state index is -2.90. The smallest absolute Gasteiger partial charge is 0.332 e. The van der Waals surface area contributed by atoms with Crippen molar-refractivity contribution in [1.29, 1.82) is 0 Å². The number of hydrogen-bond acceptors (Lipinski definition) is 4. The third-order valence-electron chi connectivity index (χ3n) is 2.29. The van der Waals surface area contributed by atoms with E-state index in [1.807, 2.05) is 0 Å². The summed E-state index contributed by atoms with van der Waals surface area (Å²) >= 11 is 0. The van der Waals surface area contributed by atoms with Crippen LogP contribution in [0.5, 0.6) is 0 Å². The van der Waals surface area contributed by atoms with Crippen LogP contribution < -0.4 is 0 Å². The van der Waals surface area contributed by atoms with Crippen molar-refractivity contribution in [2.45, 2.75) is 25.7 Å². The van der Waals surface area contributed by atoms with E-state index in [-0.39, 0.29) is 19.3 Å². The summed E-state index contributed by atoms with van der Waals surface area (Å²) in [5.41, 5.74) is -2.90. The van der Waals surface area contributed by atoms with Gasteiger partial charge in [-0.05, 0) is 12.8 Å². The molecule has 0 saturated heterocycles. The summed E-state index contributed by atoms with van der Waals surface area (Å²) < 4.78 is 0. The Hall–Kier alpha value is -2.12. The summed E-state index contributed by atoms with van der Waals surface area (Å²) in [7, 11) is 0. The van der Waals surface area contributed by atoms with Crippen molar-refractivity contribution in [3.8, 4) is 0 Å². The van der Waals surface area contributed by atoms with Crippen molar-refractivity contribution < 1.29 is 39.6 Å². The molecule has 0 fully saturated rings. The van der Waals surface area contributed by atoms with Crippen LogP contribution in [0.15, 0.2) is 0 Å². The highest BCUT2D eigenvalue weighted by molar-refractivity contribution is 6.16. The van der Waals surface area contributed by atoms with E-state index >= 15 is 0 Å². The monoisotopic (exact) mass is 248 g/mol. The van der Waals surface area contributed by atoms with Crippen molar-refractivity contribution >= 4 is 23.9 Å². The van der Waals surface area contributed by atoms with Crippen molar-refractivity contribution in [3.63, 3.8) is 0 Å². The lowest BCUT2D eigenvalue weighted by atomic mass is 9.82. The molecule has 0 saturated carbocycles. The summed E-state index contributed by atoms with van der Waals surface area (Å²) in [5.74, 6) is -7.01. The van der Waals surface area contributed by atoms with Gasteiger partial charge in [0, 0.05) is 6.42 Å². The first kappa shape index (κ1) is 14.9. The molecule has 0 aliphatic carbocycles. The Morgan fingerprint density at radius 2 is 1.18 bits per heavy atom. The largest absolute Gasteiger partial charge is 0.481 e. The number of unbranched alkanes of at least 4 members (excludes halogenated alkanes) is 1. The van der Waals surface area contributed by atoms with Crippen LogP contribution in [0.4, 0.5) is 0 Å². The van der Waals surface area contributed by atoms with Crippen LogP contribution in [-0.2, 0) is 19.2 Å². The van der Waals surface area contributed by atoms with Crippen molar-refractivity contribution in [1.82, 2.24) is 0 Å². The zero-order valence-corrected chi connectivity index (χ0v) is 8.75. The van der Waals surface area contributed by atoms with Gasteiger partial charge in [0.15, 0.2) is 0 Å². The van der Waals surface area contributed by atoms with E-state index in [9.17, 15) is 19.2 Å². The lowest BCUT2D eigenvalue weighted by Crippen LogP contribution is -2.46. The molecule has 0 aromatic carbocycles. The standard InChI is InChI=1S/C9H12O8/c10-5(11)3-1-2-4-9(6(12)13,7(14)15)8(16)17/h1-4H2,(H,10,11)(H,12,13)(H,14,15)(H,16,17). The first-order valence-electron chi connectivity index (χ1n) is 4.67. The predicted molar refractivity (Wildman–Crippen MR) is 51.4 cm³/mol. The molecule has 0 unspecified atom stereocenters. The minimum absolute atomic E-state index is 0.0188. The van der Waals surface area contributed by atoms with Gasteiger partial charge in [-0.2, -0.15) is 0 Å². The molecule has 8 heteroatoms. The Morgan fingerprint density at radius 3 is 1.47 bits per heavy atom. The summed E-state index contributed by atoms with van der Waals surface area (Å²) in [6.45, 7) is 0. The molecule has 8 nitrogen and oxygen atoms in total. The number of carboxylic acid groups (broad SMARTS) is 4. The average Bonchev–Trinajstić information content (AvgIpc) is 2.15. The molecule has 0 rings (SSSR count). The second-order valence-corrected chi connectivity index (χ2v) is 3.42. The third kappa shape index (κ3) is 3.44. The molecule has 0 aromatic heterocycles. The van der Waals surface area contributed by atoms with Gasteiger partial charge in [0.05, 0.1) is 0 Å². The highest BCUT2D eigenvalue weighted by atomic mass is 16.4. The van der Waals surface area contributed by atoms with Crippen LogP contribution in [0.2, 0.25) is 0 Å². The van der Waals surface area contributed by atoms with Gasteiger partial charge in [-0.3, -0.25) is 19.2 Å². The Labute approximate surface area is 95.5 Å². The SMILES string of the molecule is O=C(O)CCCCC(C(=O)O)(C(=O)O)C(=O)O. The summed E-state index contributed by atoms with van der Waals surface area (Å²) in [6.07, 6.45) is -1.02. The van der Waals surface area contributed by atoms with Gasteiger partial charge >= 0.3 is 23.9 Å². The fourth-order valence-corrected chi connectivity index (χ4v) is 1.26. The molecule has 0 spiro atoms. The van der Waals surface area contributed by atoms with E-state index in [2.05, 4.69) is 0 Å². The molecule has 17 heavy (non-hydrogen) atoms. The minimum Gasteiger partial charge on any atom is -0.481 e. The van der Waals surface area contributed by atoms with Crippen LogP contribution in [0, 0.1) is 5.41 Å². The zero-order chi connectivity index (χ0) is 13.6. The molecule has 4 N–H and O–H groups in total. The first-order chi connectivity index (χ1) is 7.75. The first-order valence-corrected chi connectivity index (χ1v) is 4.67. The van der Waals surface area contributed by atoms with Gasteiger partial charge in [0.1, 0.15) is 0 Å². The molecule has 0 aromatic rings. The van der Waals surface area contributed by atoms with Crippen LogP contribution in [-0.4, -0.2) is 44.3 Å². The Kier molecular flexibility index (Phi) is 5.10. The molecule has 0 aliphatic rings. The zero-order valence-electron chi connectivity index (χ0n) is 8.75. The quantitative estimate of drug-likeness (QED) is 0.342. The van der Waals surface area contributed by atoms with Gasteiger partial charge in [-0.25, -0.2) is 0 Å². The maximum Gasteiger partial charge on any atom is 0.332 e. The van der Waals surface area contributed by atoms with Gasteiger partial charge in [0.25, 0.3) is 5.41 Å². The maximum atomic E-state index is 10.8. The number of carboxylic acids is 4. The fourth-order valence-electron chi connectivity index (χ4n) is 1.26. The highest BCUT2D eigenvalue weighted by Crippen LogP contribution is 2.26. The van der Waals surface area contributed by atoms with Crippen molar-refractivity contribution in [3.05, 3.63) is 0 Å². The summed E-state index contributed by atoms with van der Waals surface area (Å²) in [5, 5.41) is 34.4. The lowest BCUT2D eigenvalue weighted by Gasteiger charge is -2.19. The predicted octanol–water partition coefficient (Wildman–Crippen LogP) is -0.128. The third-order valence-corrected chi connectivity index (χ3v) is 2.29. The summed E-state index contributed by atoms with van der Waals surface area (Å²) in [4.78, 5) is 42.4. The van der Waals surface area contributed by atoms with Gasteiger partial charge in [-0.15, -0.1) is 0 Å². The summed E-state index contributed by atoms with van der Waals surface area (Å²) in [6, 6.07) is 0. The molecule has 0 heterocycles. The van der Waals surface area contributed by atoms with E-state index in [4.69, 9.17) is 20.4 Å². The van der Waals surface area contributed by atoms with E-state index in [0.29, 0.717) is 0 Å². The number of carbonyl (C=O) groups is 4. The van der Waals surface area contributed by atoms with Gasteiger partial charge in [0.2, 0.25) is 0 Å². The highest BCUT2D eigenvalue weighted by Gasteiger charge is 2.53. The number of hydrogen-bond donors (Lipinski definition) is 4. The van der Waals surface area contributed by atoms with E-state index in [1.54, 1.807) is 0 Å². The van der Waals surface area contributed by atoms with Gasteiger partial charge < -0.3 is 20.4 Å². The number of aliphatic carboxylic acids is 4. The molecule has 0 amide bonds. The van der Waals surface area contributed by atoms with E-state index in [0.717, 1.165) is 0 Å². The topological polar surface area (TPSA) is 149 Å². The Morgan fingerprint density at radius 1 is 0.765 bits per heavy atom. The van der Waals surface area contributed by atoms with Crippen molar-refractivity contribution in [2.75, 3.05) is 0 Å². The second kappa shape index (κ2) is 5.83. The van der Waals surface area contributed by atoms with E-state index < -0.39 is 35.7 Å². The van der Waals surface area contributed by atoms with Crippen LogP contribution in [0.3, 0.4) is 0 Å². The maximum absolute atomic E-state index is 10.8. The molecule has 0 radical (unpaired) electrons. The fraction of sp³-hybridized carbons (Fsp3) is 0.556. The van der Waals surface area contributed by atoms with Crippen LogP contribution >= 0.6 is 0 Å². The molecule has 0 atom stereocenters. The Balaban J connectivity index is 4.72. The number of rotatable bonds is 8. The molecule has 96 valence electrons. The lowest BCUT2D eigenvalue weighted by molar-refractivity contribution is -0.176. The average molecular weight is 248 g/mol. The Bertz CT molecular complexity index is 309. The van der Waals surface area contributed by atoms with Gasteiger partial charge in [-0.1, -0.05) is 6.42 Å². The molecular weight excluding hydrogens is 236 g/mol. The molecule has 0 bridgehead atoms. The van der Waals surface area contributed by atoms with Crippen LogP contribution in [0.25, 0.3) is 0 Å². The normalized spacial score (nSPS) is 10.8. The van der Waals surface area contributed by atoms with Crippen LogP contribution in [0.1, 0.15) is 25.7 Å². The van der Waals surface area contributed by atoms with E-state index in [1.165, 1.54) is 0 Å².